The van der Waals surface area contributed by atoms with E-state index in [1.807, 2.05) is 51.1 Å². The highest BCUT2D eigenvalue weighted by atomic mass is 32.2. The molecule has 0 unspecified atom stereocenters. The van der Waals surface area contributed by atoms with Crippen LogP contribution in [0.5, 0.6) is 5.75 Å². The Hall–Kier alpha value is -4.13. The number of aliphatic hydroxyl groups is 1. The van der Waals surface area contributed by atoms with Crippen molar-refractivity contribution in [1.29, 1.82) is 0 Å². The number of benzene rings is 3. The van der Waals surface area contributed by atoms with Crippen molar-refractivity contribution >= 4 is 33.3 Å². The number of hydrogen-bond acceptors (Lipinski definition) is 7. The summed E-state index contributed by atoms with van der Waals surface area (Å²) in [6, 6.07) is 19.5. The predicted molar refractivity (Wildman–Crippen MR) is 187 cm³/mol. The number of urea groups is 1. The lowest BCUT2D eigenvalue weighted by Crippen LogP contribution is -2.48. The molecule has 3 N–H and O–H groups in total. The minimum absolute atomic E-state index is 0.0993. The first kappa shape index (κ1) is 36.7. The summed E-state index contributed by atoms with van der Waals surface area (Å²) in [6.07, 6.45) is 1.65. The highest BCUT2D eigenvalue weighted by Crippen LogP contribution is 2.29. The van der Waals surface area contributed by atoms with Crippen LogP contribution in [0.3, 0.4) is 0 Å². The molecule has 1 aliphatic rings. The van der Waals surface area contributed by atoms with Gasteiger partial charge in [0.1, 0.15) is 5.75 Å². The van der Waals surface area contributed by atoms with E-state index < -0.39 is 28.1 Å². The van der Waals surface area contributed by atoms with Gasteiger partial charge in [-0.2, -0.15) is 0 Å². The number of carbonyl (C=O) groups excluding carboxylic acids is 2. The average Bonchev–Trinajstić information content (AvgIpc) is 3.06. The molecular weight excluding hydrogens is 632 g/mol. The van der Waals surface area contributed by atoms with Crippen LogP contribution in [0, 0.1) is 12.8 Å². The Bertz CT molecular complexity index is 1620. The number of rotatable bonds is 8. The number of aryl methyl sites for hydroxylation is 1. The standard InChI is InChI=1S/C36H48N4O7S/c1-25-14-17-31(18-15-25)48(44,45)38-30-16-19-33-32(21-30)35(42)40(27(3)24-41)22-26(2)34(46-20-10-9-11-28(4)47-33)23-39(5)36(43)37-29-12-7-6-8-13-29/h6-8,12-19,21,26-28,34,38,41H,9-11,20,22-24H2,1-5H3,(H,37,43)/t26-,27+,28-,34-/m1/s1. The van der Waals surface area contributed by atoms with Crippen LogP contribution in [0.2, 0.25) is 0 Å². The number of nitrogens with one attached hydrogen (secondary N) is 2. The number of para-hydroxylation sites is 1. The molecule has 260 valence electrons. The van der Waals surface area contributed by atoms with Crippen LogP contribution in [0.4, 0.5) is 16.2 Å². The van der Waals surface area contributed by atoms with Gasteiger partial charge in [0.25, 0.3) is 15.9 Å². The minimum atomic E-state index is -3.93. The van der Waals surface area contributed by atoms with Crippen LogP contribution >= 0.6 is 0 Å². The third-order valence-electron chi connectivity index (χ3n) is 8.46. The average molecular weight is 681 g/mol. The lowest BCUT2D eigenvalue weighted by Gasteiger charge is -2.35. The number of anilines is 2. The summed E-state index contributed by atoms with van der Waals surface area (Å²) in [5, 5.41) is 13.1. The van der Waals surface area contributed by atoms with Gasteiger partial charge in [-0.05, 0) is 82.5 Å². The molecule has 0 saturated carbocycles. The molecule has 1 aliphatic heterocycles. The molecule has 0 saturated heterocycles. The fourth-order valence-electron chi connectivity index (χ4n) is 5.47. The molecule has 3 aromatic rings. The van der Waals surface area contributed by atoms with Crippen molar-refractivity contribution in [3.05, 3.63) is 83.9 Å². The zero-order valence-corrected chi connectivity index (χ0v) is 29.2. The first-order chi connectivity index (χ1) is 22.9. The first-order valence-electron chi connectivity index (χ1n) is 16.4. The van der Waals surface area contributed by atoms with Gasteiger partial charge in [0.15, 0.2) is 0 Å². The maximum absolute atomic E-state index is 14.4. The van der Waals surface area contributed by atoms with E-state index in [-0.39, 0.29) is 53.9 Å². The number of hydrogen-bond donors (Lipinski definition) is 3. The van der Waals surface area contributed by atoms with E-state index in [0.717, 1.165) is 18.4 Å². The van der Waals surface area contributed by atoms with E-state index in [4.69, 9.17) is 9.47 Å². The van der Waals surface area contributed by atoms with E-state index in [1.165, 1.54) is 18.2 Å². The molecule has 0 bridgehead atoms. The second kappa shape index (κ2) is 16.8. The van der Waals surface area contributed by atoms with Crippen molar-refractivity contribution < 1.29 is 32.6 Å². The highest BCUT2D eigenvalue weighted by molar-refractivity contribution is 7.92. The fourth-order valence-corrected chi connectivity index (χ4v) is 6.52. The molecule has 0 aromatic heterocycles. The van der Waals surface area contributed by atoms with Gasteiger partial charge in [0.05, 0.1) is 35.3 Å². The van der Waals surface area contributed by atoms with Crippen LogP contribution in [-0.2, 0) is 14.8 Å². The molecule has 0 spiro atoms. The number of carbonyl (C=O) groups is 2. The first-order valence-corrected chi connectivity index (χ1v) is 17.9. The molecule has 12 heteroatoms. The predicted octanol–water partition coefficient (Wildman–Crippen LogP) is 5.76. The molecule has 0 aliphatic carbocycles. The number of nitrogens with zero attached hydrogens (tertiary/aromatic N) is 2. The van der Waals surface area contributed by atoms with Gasteiger partial charge in [0.2, 0.25) is 0 Å². The Morgan fingerprint density at radius 2 is 1.75 bits per heavy atom. The largest absolute Gasteiger partial charge is 0.490 e. The monoisotopic (exact) mass is 680 g/mol. The molecule has 4 rings (SSSR count). The summed E-state index contributed by atoms with van der Waals surface area (Å²) < 4.78 is 41.6. The van der Waals surface area contributed by atoms with E-state index in [2.05, 4.69) is 10.0 Å². The summed E-state index contributed by atoms with van der Waals surface area (Å²) in [6.45, 7) is 8.15. The number of ether oxygens (including phenoxy) is 2. The third-order valence-corrected chi connectivity index (χ3v) is 9.86. The highest BCUT2D eigenvalue weighted by Gasteiger charge is 2.31. The van der Waals surface area contributed by atoms with Crippen LogP contribution < -0.4 is 14.8 Å². The fraction of sp³-hybridized carbons (Fsp3) is 0.444. The second-order valence-corrected chi connectivity index (χ2v) is 14.3. The van der Waals surface area contributed by atoms with Crippen LogP contribution in [0.25, 0.3) is 0 Å². The maximum Gasteiger partial charge on any atom is 0.321 e. The zero-order valence-electron chi connectivity index (χ0n) is 28.4. The van der Waals surface area contributed by atoms with Crippen molar-refractivity contribution in [3.8, 4) is 5.75 Å². The summed E-state index contributed by atoms with van der Waals surface area (Å²) >= 11 is 0. The third kappa shape index (κ3) is 9.94. The topological polar surface area (TPSA) is 138 Å². The minimum Gasteiger partial charge on any atom is -0.490 e. The Morgan fingerprint density at radius 1 is 1.04 bits per heavy atom. The van der Waals surface area contributed by atoms with Crippen molar-refractivity contribution in [3.63, 3.8) is 0 Å². The summed E-state index contributed by atoms with van der Waals surface area (Å²) in [7, 11) is -2.23. The van der Waals surface area contributed by atoms with E-state index >= 15 is 0 Å². The Balaban J connectivity index is 1.63. The SMILES string of the molecule is Cc1ccc(S(=O)(=O)Nc2ccc3c(c2)C(=O)N([C@@H](C)CO)C[C@@H](C)[C@@H](CN(C)C(=O)Nc2ccccc2)OCCCC[C@@H](C)O3)cc1. The van der Waals surface area contributed by atoms with Gasteiger partial charge in [-0.3, -0.25) is 9.52 Å². The van der Waals surface area contributed by atoms with Gasteiger partial charge in [0, 0.05) is 44.0 Å². The van der Waals surface area contributed by atoms with Crippen molar-refractivity contribution in [1.82, 2.24) is 9.80 Å². The smallest absolute Gasteiger partial charge is 0.321 e. The molecule has 0 fully saturated rings. The molecule has 3 amide bonds. The van der Waals surface area contributed by atoms with Gasteiger partial charge >= 0.3 is 6.03 Å². The van der Waals surface area contributed by atoms with Crippen LogP contribution in [0.15, 0.2) is 77.7 Å². The van der Waals surface area contributed by atoms with Crippen molar-refractivity contribution in [2.75, 3.05) is 43.4 Å². The van der Waals surface area contributed by atoms with Crippen molar-refractivity contribution in [2.24, 2.45) is 5.92 Å². The van der Waals surface area contributed by atoms with Gasteiger partial charge in [-0.25, -0.2) is 13.2 Å². The summed E-state index contributed by atoms with van der Waals surface area (Å²) in [4.78, 5) is 30.6. The Labute approximate surface area is 284 Å². The molecule has 3 aromatic carbocycles. The van der Waals surface area contributed by atoms with Crippen molar-refractivity contribution in [2.45, 2.75) is 70.1 Å². The number of fused-ring (bicyclic) bond motifs is 1. The van der Waals surface area contributed by atoms with Crippen LogP contribution in [0.1, 0.15) is 56.0 Å². The Morgan fingerprint density at radius 3 is 2.44 bits per heavy atom. The molecule has 4 atom stereocenters. The second-order valence-electron chi connectivity index (χ2n) is 12.6. The lowest BCUT2D eigenvalue weighted by atomic mass is 10.0. The number of aliphatic hydroxyl groups excluding tert-OH is 1. The summed E-state index contributed by atoms with van der Waals surface area (Å²) in [5.74, 6) is -0.340. The van der Waals surface area contributed by atoms with Gasteiger partial charge in [-0.15, -0.1) is 0 Å². The van der Waals surface area contributed by atoms with E-state index in [1.54, 1.807) is 48.0 Å². The van der Waals surface area contributed by atoms with E-state index in [0.29, 0.717) is 24.5 Å². The molecule has 48 heavy (non-hydrogen) atoms. The Kier molecular flexibility index (Phi) is 12.9. The maximum atomic E-state index is 14.4. The number of amides is 3. The van der Waals surface area contributed by atoms with E-state index in [9.17, 15) is 23.1 Å². The van der Waals surface area contributed by atoms with Gasteiger partial charge in [-0.1, -0.05) is 42.8 Å². The van der Waals surface area contributed by atoms with Crippen LogP contribution in [-0.4, -0.2) is 86.9 Å². The zero-order chi connectivity index (χ0) is 34.8. The normalized spacial score (nSPS) is 20.1. The van der Waals surface area contributed by atoms with Gasteiger partial charge < -0.3 is 29.7 Å². The molecule has 11 nitrogen and oxygen atoms in total. The number of likely N-dealkylation sites (N-methyl/N-ethyl adjacent to an activating group) is 1. The molecular formula is C36H48N4O7S. The molecule has 0 radical (unpaired) electrons. The number of sulfonamides is 1. The molecule has 1 heterocycles. The quantitative estimate of drug-likeness (QED) is 0.275. The summed E-state index contributed by atoms with van der Waals surface area (Å²) in [5.41, 5.74) is 1.99. The lowest BCUT2D eigenvalue weighted by molar-refractivity contribution is -0.0115.